The summed E-state index contributed by atoms with van der Waals surface area (Å²) >= 11 is 0. The van der Waals surface area contributed by atoms with Crippen molar-refractivity contribution in [2.24, 2.45) is 5.92 Å². The summed E-state index contributed by atoms with van der Waals surface area (Å²) in [5.41, 5.74) is 1.11. The third-order valence-electron chi connectivity index (χ3n) is 5.85. The van der Waals surface area contributed by atoms with E-state index in [0.29, 0.717) is 5.56 Å². The van der Waals surface area contributed by atoms with E-state index in [1.807, 2.05) is 13.8 Å². The van der Waals surface area contributed by atoms with E-state index in [-0.39, 0.29) is 34.8 Å². The first-order valence-electron chi connectivity index (χ1n) is 11.8. The number of hydrogen-bond acceptors (Lipinski definition) is 7. The number of ether oxygens (including phenoxy) is 2. The Bertz CT molecular complexity index is 1310. The standard InChI is InChI=1S/C29H25NO7/c1-18(2)16-24(30-26(32)22-10-6-7-11-23(22)27(30)33)29(35)36-17-25(31)19-12-14-21(15-13-19)37-28(34)20-8-4-3-5-9-20/h3-15,18,24H,16-17H2,1-2H3. The number of ketones is 1. The zero-order valence-corrected chi connectivity index (χ0v) is 20.4. The van der Waals surface area contributed by atoms with Crippen LogP contribution in [0.1, 0.15) is 61.7 Å². The Morgan fingerprint density at radius 2 is 1.32 bits per heavy atom. The minimum Gasteiger partial charge on any atom is -0.456 e. The number of fused-ring (bicyclic) bond motifs is 1. The molecule has 1 atom stereocenters. The molecule has 4 rings (SSSR count). The topological polar surface area (TPSA) is 107 Å². The highest BCUT2D eigenvalue weighted by Gasteiger charge is 2.43. The molecule has 2 amide bonds. The lowest BCUT2D eigenvalue weighted by molar-refractivity contribution is -0.147. The molecule has 1 aliphatic rings. The molecule has 0 saturated carbocycles. The number of nitrogens with zero attached hydrogens (tertiary/aromatic N) is 1. The van der Waals surface area contributed by atoms with Gasteiger partial charge < -0.3 is 9.47 Å². The fourth-order valence-corrected chi connectivity index (χ4v) is 4.01. The van der Waals surface area contributed by atoms with Crippen LogP contribution in [0.5, 0.6) is 5.75 Å². The monoisotopic (exact) mass is 499 g/mol. The Morgan fingerprint density at radius 3 is 1.89 bits per heavy atom. The Morgan fingerprint density at radius 1 is 0.757 bits per heavy atom. The van der Waals surface area contributed by atoms with Gasteiger partial charge in [-0.05, 0) is 60.9 Å². The zero-order chi connectivity index (χ0) is 26.5. The summed E-state index contributed by atoms with van der Waals surface area (Å²) in [7, 11) is 0. The van der Waals surface area contributed by atoms with Gasteiger partial charge in [0.1, 0.15) is 11.8 Å². The molecule has 1 unspecified atom stereocenters. The van der Waals surface area contributed by atoms with E-state index in [0.717, 1.165) is 4.90 Å². The van der Waals surface area contributed by atoms with Gasteiger partial charge in [0.05, 0.1) is 16.7 Å². The van der Waals surface area contributed by atoms with Crippen LogP contribution < -0.4 is 4.74 Å². The quantitative estimate of drug-likeness (QED) is 0.187. The molecular weight excluding hydrogens is 474 g/mol. The molecule has 0 bridgehead atoms. The van der Waals surface area contributed by atoms with E-state index in [2.05, 4.69) is 0 Å². The van der Waals surface area contributed by atoms with Gasteiger partial charge in [-0.3, -0.25) is 19.3 Å². The Labute approximate surface area is 213 Å². The largest absolute Gasteiger partial charge is 0.456 e. The van der Waals surface area contributed by atoms with Gasteiger partial charge in [-0.15, -0.1) is 0 Å². The summed E-state index contributed by atoms with van der Waals surface area (Å²) in [4.78, 5) is 64.5. The fraction of sp³-hybridized carbons (Fsp3) is 0.207. The van der Waals surface area contributed by atoms with Crippen molar-refractivity contribution in [1.82, 2.24) is 4.90 Å². The molecule has 0 aliphatic carbocycles. The maximum absolute atomic E-state index is 13.0. The van der Waals surface area contributed by atoms with Crippen LogP contribution in [0.25, 0.3) is 0 Å². The first-order chi connectivity index (χ1) is 17.8. The number of esters is 2. The predicted molar refractivity (Wildman–Crippen MR) is 133 cm³/mol. The fourth-order valence-electron chi connectivity index (χ4n) is 4.01. The van der Waals surface area contributed by atoms with Crippen molar-refractivity contribution in [2.75, 3.05) is 6.61 Å². The van der Waals surface area contributed by atoms with E-state index in [1.54, 1.807) is 42.5 Å². The lowest BCUT2D eigenvalue weighted by atomic mass is 10.0. The molecule has 0 saturated heterocycles. The third-order valence-corrected chi connectivity index (χ3v) is 5.85. The van der Waals surface area contributed by atoms with Crippen molar-refractivity contribution in [3.8, 4) is 5.75 Å². The molecule has 3 aromatic carbocycles. The molecule has 0 fully saturated rings. The zero-order valence-electron chi connectivity index (χ0n) is 20.4. The van der Waals surface area contributed by atoms with E-state index >= 15 is 0 Å². The minimum absolute atomic E-state index is 0.0243. The lowest BCUT2D eigenvalue weighted by Crippen LogP contribution is -2.46. The normalized spacial score (nSPS) is 13.3. The summed E-state index contributed by atoms with van der Waals surface area (Å²) in [6.07, 6.45) is 0.194. The molecular formula is C29H25NO7. The first kappa shape index (κ1) is 25.5. The van der Waals surface area contributed by atoms with Crippen molar-refractivity contribution in [2.45, 2.75) is 26.3 Å². The highest BCUT2D eigenvalue weighted by atomic mass is 16.5. The van der Waals surface area contributed by atoms with Gasteiger partial charge in [-0.2, -0.15) is 0 Å². The van der Waals surface area contributed by atoms with Gasteiger partial charge in [0, 0.05) is 5.56 Å². The van der Waals surface area contributed by atoms with Crippen molar-refractivity contribution < 1.29 is 33.4 Å². The van der Waals surface area contributed by atoms with E-state index < -0.39 is 42.2 Å². The second kappa shape index (κ2) is 11.0. The van der Waals surface area contributed by atoms with Crippen LogP contribution in [0.4, 0.5) is 0 Å². The van der Waals surface area contributed by atoms with E-state index in [9.17, 15) is 24.0 Å². The maximum Gasteiger partial charge on any atom is 0.343 e. The molecule has 37 heavy (non-hydrogen) atoms. The number of hydrogen-bond donors (Lipinski definition) is 0. The van der Waals surface area contributed by atoms with Crippen LogP contribution in [0.2, 0.25) is 0 Å². The van der Waals surface area contributed by atoms with Crippen molar-refractivity contribution in [3.63, 3.8) is 0 Å². The van der Waals surface area contributed by atoms with Gasteiger partial charge in [-0.25, -0.2) is 9.59 Å². The van der Waals surface area contributed by atoms with Crippen LogP contribution in [-0.2, 0) is 9.53 Å². The SMILES string of the molecule is CC(C)CC(C(=O)OCC(=O)c1ccc(OC(=O)c2ccccc2)cc1)N1C(=O)c2ccccc2C1=O. The molecule has 0 spiro atoms. The molecule has 1 heterocycles. The molecule has 188 valence electrons. The number of carbonyl (C=O) groups excluding carboxylic acids is 5. The Balaban J connectivity index is 1.39. The van der Waals surface area contributed by atoms with Crippen LogP contribution in [0.15, 0.2) is 78.9 Å². The maximum atomic E-state index is 13.0. The number of amides is 2. The summed E-state index contributed by atoms with van der Waals surface area (Å²) in [5.74, 6) is -2.73. The number of Topliss-reactive ketones (excluding diaryl/α,β-unsaturated/α-hetero) is 1. The number of imide groups is 1. The van der Waals surface area contributed by atoms with Crippen molar-refractivity contribution in [3.05, 3.63) is 101 Å². The van der Waals surface area contributed by atoms with Crippen LogP contribution >= 0.6 is 0 Å². The molecule has 1 aliphatic heterocycles. The number of rotatable bonds is 9. The lowest BCUT2D eigenvalue weighted by Gasteiger charge is -2.25. The smallest absolute Gasteiger partial charge is 0.343 e. The molecule has 0 radical (unpaired) electrons. The predicted octanol–water partition coefficient (Wildman–Crippen LogP) is 4.34. The van der Waals surface area contributed by atoms with Gasteiger partial charge >= 0.3 is 11.9 Å². The van der Waals surface area contributed by atoms with Gasteiger partial charge in [0.15, 0.2) is 12.4 Å². The van der Waals surface area contributed by atoms with Crippen molar-refractivity contribution >= 4 is 29.5 Å². The highest BCUT2D eigenvalue weighted by molar-refractivity contribution is 6.22. The van der Waals surface area contributed by atoms with Gasteiger partial charge in [0.2, 0.25) is 0 Å². The number of benzene rings is 3. The van der Waals surface area contributed by atoms with E-state index in [1.165, 1.54) is 36.4 Å². The average molecular weight is 500 g/mol. The number of carbonyl (C=O) groups is 5. The summed E-state index contributed by atoms with van der Waals surface area (Å²) < 4.78 is 10.6. The molecule has 0 N–H and O–H groups in total. The first-order valence-corrected chi connectivity index (χ1v) is 11.8. The molecule has 0 aromatic heterocycles. The highest BCUT2D eigenvalue weighted by Crippen LogP contribution is 2.27. The summed E-state index contributed by atoms with van der Waals surface area (Å²) in [5, 5.41) is 0. The molecule has 8 heteroatoms. The third kappa shape index (κ3) is 5.64. The minimum atomic E-state index is -1.15. The Kier molecular flexibility index (Phi) is 7.57. The van der Waals surface area contributed by atoms with Crippen LogP contribution in [0.3, 0.4) is 0 Å². The van der Waals surface area contributed by atoms with Crippen molar-refractivity contribution in [1.29, 1.82) is 0 Å². The summed E-state index contributed by atoms with van der Waals surface area (Å²) in [6.45, 7) is 3.14. The average Bonchev–Trinajstić information content (AvgIpc) is 3.16. The van der Waals surface area contributed by atoms with Gasteiger partial charge in [-0.1, -0.05) is 44.2 Å². The Hall–Kier alpha value is -4.59. The molecule has 8 nitrogen and oxygen atoms in total. The molecule has 3 aromatic rings. The van der Waals surface area contributed by atoms with Crippen LogP contribution in [0, 0.1) is 5.92 Å². The summed E-state index contributed by atoms with van der Waals surface area (Å²) in [6, 6.07) is 19.6. The van der Waals surface area contributed by atoms with Gasteiger partial charge in [0.25, 0.3) is 11.8 Å². The van der Waals surface area contributed by atoms with Crippen LogP contribution in [-0.4, -0.2) is 47.1 Å². The van der Waals surface area contributed by atoms with E-state index in [4.69, 9.17) is 9.47 Å². The second-order valence-corrected chi connectivity index (χ2v) is 8.98. The second-order valence-electron chi connectivity index (χ2n) is 8.98.